The van der Waals surface area contributed by atoms with Gasteiger partial charge in [0.25, 0.3) is 5.91 Å². The Balaban J connectivity index is 1.59. The number of aromatic nitrogens is 2. The first kappa shape index (κ1) is 30.8. The van der Waals surface area contributed by atoms with Crippen molar-refractivity contribution in [3.63, 3.8) is 0 Å². The monoisotopic (exact) mass is 616 g/mol. The number of piperidine rings is 1. The lowest BCUT2D eigenvalue weighted by atomic mass is 9.85. The van der Waals surface area contributed by atoms with Crippen LogP contribution in [0.4, 0.5) is 20.3 Å². The molecule has 2 aliphatic heterocycles. The second kappa shape index (κ2) is 12.0. The molecule has 0 spiro atoms. The quantitative estimate of drug-likeness (QED) is 0.395. The lowest BCUT2D eigenvalue weighted by Gasteiger charge is -2.42. The Kier molecular flexibility index (Phi) is 9.19. The van der Waals surface area contributed by atoms with E-state index in [9.17, 15) is 27.1 Å². The molecule has 0 radical (unpaired) electrons. The van der Waals surface area contributed by atoms with Crippen LogP contribution in [0.2, 0.25) is 0 Å². The summed E-state index contributed by atoms with van der Waals surface area (Å²) in [6.45, 7) is 6.35. The number of carbonyl (C=O) groups is 2. The summed E-state index contributed by atoms with van der Waals surface area (Å²) in [6.07, 6.45) is 3.60. The van der Waals surface area contributed by atoms with Crippen LogP contribution >= 0.6 is 23.5 Å². The number of nitrogens with zero attached hydrogens (tertiary/aromatic N) is 3. The van der Waals surface area contributed by atoms with Crippen LogP contribution < -0.4 is 11.1 Å². The number of carbonyl (C=O) groups excluding carboxylic acids is 2. The molecule has 1 aromatic heterocycles. The molecule has 3 N–H and O–H groups in total. The molecule has 15 heteroatoms. The SMILES string of the molecule is CC(C)(C)C(=O)ON1CCC(CC2SCCS2)(n2cc(C(N)=O)c(Nc3ccc(C(F)(F)S(=O)[O-])cc3)n2)CC1. The molecule has 0 aliphatic carbocycles. The van der Waals surface area contributed by atoms with Crippen molar-refractivity contribution in [1.29, 1.82) is 0 Å². The summed E-state index contributed by atoms with van der Waals surface area (Å²) < 4.78 is 51.5. The maximum Gasteiger partial charge on any atom is 0.334 e. The normalized spacial score (nSPS) is 19.4. The lowest BCUT2D eigenvalue weighted by Crippen LogP contribution is -2.48. The fraction of sp³-hybridized carbons (Fsp3) is 0.560. The van der Waals surface area contributed by atoms with Crippen molar-refractivity contribution in [3.8, 4) is 0 Å². The van der Waals surface area contributed by atoms with E-state index >= 15 is 0 Å². The van der Waals surface area contributed by atoms with Gasteiger partial charge in [0.2, 0.25) is 0 Å². The van der Waals surface area contributed by atoms with E-state index < -0.39 is 38.8 Å². The summed E-state index contributed by atoms with van der Waals surface area (Å²) in [5, 5.41) is 5.30. The molecule has 1 atom stereocenters. The number of thioether (sulfide) groups is 2. The van der Waals surface area contributed by atoms with Crippen molar-refractivity contribution in [2.45, 2.75) is 55.4 Å². The molecule has 1 aromatic carbocycles. The van der Waals surface area contributed by atoms with Crippen molar-refractivity contribution < 1.29 is 32.0 Å². The minimum atomic E-state index is -4.03. The van der Waals surface area contributed by atoms with E-state index in [4.69, 9.17) is 15.7 Å². The van der Waals surface area contributed by atoms with Crippen molar-refractivity contribution in [1.82, 2.24) is 14.8 Å². The number of halogens is 2. The van der Waals surface area contributed by atoms with Gasteiger partial charge in [-0.3, -0.25) is 13.7 Å². The van der Waals surface area contributed by atoms with Crippen molar-refractivity contribution in [3.05, 3.63) is 41.6 Å². The number of nitrogens with one attached hydrogen (secondary N) is 1. The third-order valence-corrected chi connectivity index (χ3v) is 10.6. The average Bonchev–Trinajstić information content (AvgIpc) is 3.55. The number of anilines is 2. The molecule has 10 nitrogen and oxygen atoms in total. The molecule has 3 heterocycles. The predicted molar refractivity (Wildman–Crippen MR) is 151 cm³/mol. The molecule has 2 fully saturated rings. The van der Waals surface area contributed by atoms with Gasteiger partial charge >= 0.3 is 11.2 Å². The maximum absolute atomic E-state index is 13.8. The molecular formula is C25H32F2N5O5S3-. The number of hydrogen-bond donors (Lipinski definition) is 2. The van der Waals surface area contributed by atoms with Crippen molar-refractivity contribution >= 4 is 58.0 Å². The van der Waals surface area contributed by atoms with Gasteiger partial charge in [-0.05, 0) is 64.3 Å². The Hall–Kier alpha value is -2.20. The largest absolute Gasteiger partial charge is 0.768 e. The van der Waals surface area contributed by atoms with Crippen LogP contribution in [-0.4, -0.2) is 64.7 Å². The van der Waals surface area contributed by atoms with Crippen LogP contribution in [0.5, 0.6) is 0 Å². The molecule has 2 saturated heterocycles. The first-order valence-electron chi connectivity index (χ1n) is 12.7. The first-order chi connectivity index (χ1) is 18.7. The zero-order valence-corrected chi connectivity index (χ0v) is 24.8. The van der Waals surface area contributed by atoms with Crippen LogP contribution in [0.25, 0.3) is 0 Å². The Bertz CT molecular complexity index is 1250. The highest BCUT2D eigenvalue weighted by molar-refractivity contribution is 8.20. The Morgan fingerprint density at radius 1 is 1.20 bits per heavy atom. The van der Waals surface area contributed by atoms with Crippen molar-refractivity contribution in [2.75, 3.05) is 29.9 Å². The Morgan fingerprint density at radius 2 is 1.80 bits per heavy atom. The number of alkyl halides is 2. The molecule has 2 aliphatic rings. The third-order valence-electron chi connectivity index (χ3n) is 6.87. The fourth-order valence-corrected chi connectivity index (χ4v) is 7.92. The zero-order valence-electron chi connectivity index (χ0n) is 22.4. The van der Waals surface area contributed by atoms with E-state index in [0.29, 0.717) is 36.2 Å². The summed E-state index contributed by atoms with van der Waals surface area (Å²) in [6, 6.07) is 4.54. The van der Waals surface area contributed by atoms with E-state index in [1.165, 1.54) is 12.1 Å². The van der Waals surface area contributed by atoms with Gasteiger partial charge in [-0.1, -0.05) is 0 Å². The minimum absolute atomic E-state index is 0.128. The summed E-state index contributed by atoms with van der Waals surface area (Å²) in [5.74, 6) is 1.23. The van der Waals surface area contributed by atoms with Crippen molar-refractivity contribution in [2.24, 2.45) is 11.1 Å². The smallest absolute Gasteiger partial charge is 0.334 e. The van der Waals surface area contributed by atoms with Gasteiger partial charge in [0.1, 0.15) is 5.56 Å². The number of primary amides is 1. The second-order valence-corrected chi connectivity index (χ2v) is 14.7. The number of rotatable bonds is 9. The van der Waals surface area contributed by atoms with Crippen LogP contribution in [0, 0.1) is 5.41 Å². The molecular weight excluding hydrogens is 585 g/mol. The van der Waals surface area contributed by atoms with E-state index in [1.54, 1.807) is 36.7 Å². The van der Waals surface area contributed by atoms with Crippen LogP contribution in [0.15, 0.2) is 30.5 Å². The Labute approximate surface area is 242 Å². The molecule has 220 valence electrons. The maximum atomic E-state index is 13.8. The molecule has 1 unspecified atom stereocenters. The number of hydroxylamine groups is 2. The molecule has 2 aromatic rings. The van der Waals surface area contributed by atoms with Crippen LogP contribution in [-0.2, 0) is 31.5 Å². The Morgan fingerprint density at radius 3 is 2.33 bits per heavy atom. The van der Waals surface area contributed by atoms with Gasteiger partial charge in [-0.25, -0.2) is 4.79 Å². The van der Waals surface area contributed by atoms with E-state index in [-0.39, 0.29) is 17.4 Å². The van der Waals surface area contributed by atoms with Gasteiger partial charge in [-0.15, -0.1) is 28.6 Å². The predicted octanol–water partition coefficient (Wildman–Crippen LogP) is 4.15. The number of hydrogen-bond acceptors (Lipinski definition) is 10. The fourth-order valence-electron chi connectivity index (χ4n) is 4.48. The number of benzene rings is 1. The third kappa shape index (κ3) is 6.81. The summed E-state index contributed by atoms with van der Waals surface area (Å²) in [5.41, 5.74) is 4.33. The number of amides is 1. The molecule has 4 rings (SSSR count). The molecule has 0 bridgehead atoms. The number of nitrogens with two attached hydrogens (primary N) is 1. The molecule has 1 amide bonds. The average molecular weight is 617 g/mol. The lowest BCUT2D eigenvalue weighted by molar-refractivity contribution is -0.209. The minimum Gasteiger partial charge on any atom is -0.768 e. The highest BCUT2D eigenvalue weighted by Crippen LogP contribution is 2.44. The van der Waals surface area contributed by atoms with Gasteiger partial charge < -0.3 is 20.4 Å². The summed E-state index contributed by atoms with van der Waals surface area (Å²) in [4.78, 5) is 30.4. The highest BCUT2D eigenvalue weighted by Gasteiger charge is 2.42. The van der Waals surface area contributed by atoms with Gasteiger partial charge in [0.15, 0.2) is 5.82 Å². The topological polar surface area (TPSA) is 143 Å². The van der Waals surface area contributed by atoms with Gasteiger partial charge in [0, 0.05) is 53.1 Å². The highest BCUT2D eigenvalue weighted by atomic mass is 32.2. The van der Waals surface area contributed by atoms with E-state index in [0.717, 1.165) is 30.1 Å². The van der Waals surface area contributed by atoms with E-state index in [1.807, 2.05) is 23.5 Å². The van der Waals surface area contributed by atoms with Crippen LogP contribution in [0.3, 0.4) is 0 Å². The summed E-state index contributed by atoms with van der Waals surface area (Å²) >= 11 is 0.145. The van der Waals surface area contributed by atoms with E-state index in [2.05, 4.69) is 5.32 Å². The first-order valence-corrected chi connectivity index (χ1v) is 15.8. The summed E-state index contributed by atoms with van der Waals surface area (Å²) in [7, 11) is 0. The van der Waals surface area contributed by atoms with Gasteiger partial charge in [0.05, 0.1) is 15.5 Å². The van der Waals surface area contributed by atoms with Gasteiger partial charge in [-0.2, -0.15) is 13.9 Å². The molecule has 40 heavy (non-hydrogen) atoms. The molecule has 0 saturated carbocycles. The standard InChI is InChI=1S/C25H33F2N5O5S3/c1-23(2,3)22(34)37-31-10-8-24(9-11-31,14-19-38-12-13-39-19)32-15-18(20(28)33)21(30-32)29-17-6-4-16(5-7-17)25(26,27)40(35)36/h4-7,15,19H,8-14H2,1-3H3,(H2,28,33)(H,29,30)(H,35,36)/p-1. The van der Waals surface area contributed by atoms with Crippen LogP contribution in [0.1, 0.15) is 56.0 Å². The second-order valence-electron chi connectivity index (χ2n) is 10.8. The zero-order chi connectivity index (χ0) is 29.3.